The van der Waals surface area contributed by atoms with Crippen LogP contribution in [-0.4, -0.2) is 64.1 Å². The lowest BCUT2D eigenvalue weighted by molar-refractivity contribution is -0.142. The maximum absolute atomic E-state index is 13.3. The van der Waals surface area contributed by atoms with Crippen LogP contribution in [0.25, 0.3) is 10.6 Å². The van der Waals surface area contributed by atoms with Crippen LogP contribution in [0, 0.1) is 5.92 Å². The van der Waals surface area contributed by atoms with Crippen LogP contribution in [0.5, 0.6) is 0 Å². The SMILES string of the molecule is O=C(Nc1nc(-c2cc(Cl)cs2)c(C2CCN(C3CCCCC3)CC2)s1)c1cnc(N2CCC(C(=O)O)CC2)c(Cl)c1. The van der Waals surface area contributed by atoms with E-state index in [4.69, 9.17) is 28.2 Å². The van der Waals surface area contributed by atoms with Crippen LogP contribution in [0.1, 0.15) is 78.9 Å². The van der Waals surface area contributed by atoms with Crippen molar-refractivity contribution in [1.82, 2.24) is 14.9 Å². The fourth-order valence-electron chi connectivity index (χ4n) is 6.54. The Morgan fingerprint density at radius 2 is 1.71 bits per heavy atom. The molecule has 3 aromatic heterocycles. The number of carboxylic acids is 1. The second kappa shape index (κ2) is 13.2. The van der Waals surface area contributed by atoms with Crippen molar-refractivity contribution in [2.75, 3.05) is 36.4 Å². The van der Waals surface area contributed by atoms with E-state index in [2.05, 4.69) is 15.2 Å². The van der Waals surface area contributed by atoms with Crippen molar-refractivity contribution < 1.29 is 14.7 Å². The van der Waals surface area contributed by atoms with Gasteiger partial charge in [-0.05, 0) is 69.7 Å². The van der Waals surface area contributed by atoms with E-state index in [1.807, 2.05) is 16.3 Å². The van der Waals surface area contributed by atoms with E-state index in [-0.39, 0.29) is 11.8 Å². The molecule has 0 aromatic carbocycles. The number of rotatable bonds is 7. The van der Waals surface area contributed by atoms with Gasteiger partial charge in [-0.3, -0.25) is 14.9 Å². The fourth-order valence-corrected chi connectivity index (χ4v) is 9.12. The van der Waals surface area contributed by atoms with E-state index in [0.717, 1.165) is 42.5 Å². The highest BCUT2D eigenvalue weighted by molar-refractivity contribution is 7.17. The minimum absolute atomic E-state index is 0.316. The number of pyridine rings is 1. The summed E-state index contributed by atoms with van der Waals surface area (Å²) in [5.74, 6) is -0.452. The Morgan fingerprint density at radius 1 is 0.976 bits per heavy atom. The van der Waals surface area contributed by atoms with Crippen molar-refractivity contribution in [1.29, 1.82) is 0 Å². The molecular weight excluding hydrogens is 613 g/mol. The number of nitrogens with zero attached hydrogens (tertiary/aromatic N) is 4. The van der Waals surface area contributed by atoms with Crippen LogP contribution in [-0.2, 0) is 4.79 Å². The Morgan fingerprint density at radius 3 is 2.36 bits per heavy atom. The molecule has 42 heavy (non-hydrogen) atoms. The summed E-state index contributed by atoms with van der Waals surface area (Å²) in [5, 5.41) is 15.8. The number of carboxylic acid groups (broad SMARTS) is 1. The van der Waals surface area contributed by atoms with E-state index in [1.165, 1.54) is 43.2 Å². The summed E-state index contributed by atoms with van der Waals surface area (Å²) >= 11 is 16.0. The zero-order valence-corrected chi connectivity index (χ0v) is 26.5. The third-order valence-corrected chi connectivity index (χ3v) is 11.6. The van der Waals surface area contributed by atoms with Gasteiger partial charge in [-0.1, -0.05) is 42.5 Å². The second-order valence-electron chi connectivity index (χ2n) is 11.5. The molecule has 5 heterocycles. The molecule has 1 aliphatic carbocycles. The standard InChI is InChI=1S/C30H35Cl2N5O3S2/c31-21-15-24(41-17-21)25-26(18-6-10-36(11-7-18)22-4-2-1-3-5-22)42-30(34-25)35-28(38)20-14-23(32)27(33-16-20)37-12-8-19(9-13-37)29(39)40/h14-19,22H,1-13H2,(H,39,40)(H,34,35,38). The van der Waals surface area contributed by atoms with Crippen LogP contribution in [0.15, 0.2) is 23.7 Å². The van der Waals surface area contributed by atoms with E-state index < -0.39 is 5.97 Å². The van der Waals surface area contributed by atoms with Crippen molar-refractivity contribution in [2.24, 2.45) is 5.92 Å². The Balaban J connectivity index is 1.16. The number of hydrogen-bond donors (Lipinski definition) is 2. The van der Waals surface area contributed by atoms with Gasteiger partial charge >= 0.3 is 5.97 Å². The number of amides is 1. The minimum atomic E-state index is -0.763. The zero-order valence-electron chi connectivity index (χ0n) is 23.4. The van der Waals surface area contributed by atoms with Crippen molar-refractivity contribution in [3.63, 3.8) is 0 Å². The minimum Gasteiger partial charge on any atom is -0.481 e. The molecule has 8 nitrogen and oxygen atoms in total. The molecular formula is C30H35Cl2N5O3S2. The van der Waals surface area contributed by atoms with Gasteiger partial charge in [-0.15, -0.1) is 22.7 Å². The predicted octanol–water partition coefficient (Wildman–Crippen LogP) is 7.64. The van der Waals surface area contributed by atoms with Gasteiger partial charge in [0.1, 0.15) is 5.82 Å². The Bertz CT molecular complexity index is 1420. The number of thiophene rings is 1. The highest BCUT2D eigenvalue weighted by atomic mass is 35.5. The van der Waals surface area contributed by atoms with E-state index in [0.29, 0.717) is 58.4 Å². The molecule has 2 saturated heterocycles. The third-order valence-electron chi connectivity index (χ3n) is 8.89. The monoisotopic (exact) mass is 647 g/mol. The molecule has 0 atom stereocenters. The number of halogens is 2. The van der Waals surface area contributed by atoms with Gasteiger partial charge in [0.15, 0.2) is 5.13 Å². The van der Waals surface area contributed by atoms with E-state index in [1.54, 1.807) is 28.7 Å². The van der Waals surface area contributed by atoms with Crippen molar-refractivity contribution in [3.05, 3.63) is 44.2 Å². The molecule has 3 aromatic rings. The van der Waals surface area contributed by atoms with Crippen molar-refractivity contribution >= 4 is 68.7 Å². The molecule has 3 fully saturated rings. The Hall–Kier alpha value is -2.24. The third kappa shape index (κ3) is 6.63. The first-order valence-corrected chi connectivity index (χ1v) is 17.2. The van der Waals surface area contributed by atoms with E-state index >= 15 is 0 Å². The van der Waals surface area contributed by atoms with Crippen LogP contribution in [0.4, 0.5) is 10.9 Å². The van der Waals surface area contributed by atoms with Gasteiger partial charge in [-0.25, -0.2) is 9.97 Å². The van der Waals surface area contributed by atoms with Crippen LogP contribution < -0.4 is 10.2 Å². The number of hydrogen-bond acceptors (Lipinski definition) is 8. The molecule has 0 spiro atoms. The van der Waals surface area contributed by atoms with Gasteiger partial charge < -0.3 is 14.9 Å². The number of carbonyl (C=O) groups is 2. The highest BCUT2D eigenvalue weighted by Gasteiger charge is 2.31. The number of aromatic nitrogens is 2. The van der Waals surface area contributed by atoms with Gasteiger partial charge in [0.25, 0.3) is 5.91 Å². The molecule has 224 valence electrons. The summed E-state index contributed by atoms with van der Waals surface area (Å²) in [7, 11) is 0. The summed E-state index contributed by atoms with van der Waals surface area (Å²) in [6.45, 7) is 3.33. The summed E-state index contributed by atoms with van der Waals surface area (Å²) in [5.41, 5.74) is 1.27. The number of piperidine rings is 2. The molecule has 1 amide bonds. The molecule has 6 rings (SSSR count). The number of nitrogens with one attached hydrogen (secondary N) is 1. The van der Waals surface area contributed by atoms with Gasteiger partial charge in [0.05, 0.1) is 32.1 Å². The topological polar surface area (TPSA) is 98.7 Å². The highest BCUT2D eigenvalue weighted by Crippen LogP contribution is 2.44. The first-order valence-electron chi connectivity index (χ1n) is 14.8. The van der Waals surface area contributed by atoms with Crippen LogP contribution >= 0.6 is 45.9 Å². The quantitative estimate of drug-likeness (QED) is 0.272. The number of anilines is 2. The number of aliphatic carboxylic acids is 1. The molecule has 2 N–H and O–H groups in total. The Kier molecular flexibility index (Phi) is 9.35. The largest absolute Gasteiger partial charge is 0.481 e. The zero-order chi connectivity index (χ0) is 29.2. The lowest BCUT2D eigenvalue weighted by Gasteiger charge is -2.39. The average Bonchev–Trinajstić information content (AvgIpc) is 3.63. The lowest BCUT2D eigenvalue weighted by Crippen LogP contribution is -2.41. The smallest absolute Gasteiger partial charge is 0.306 e. The molecule has 0 bridgehead atoms. The first kappa shape index (κ1) is 29.8. The van der Waals surface area contributed by atoms with Crippen molar-refractivity contribution in [2.45, 2.75) is 69.7 Å². The van der Waals surface area contributed by atoms with Crippen LogP contribution in [0.2, 0.25) is 10.0 Å². The summed E-state index contributed by atoms with van der Waals surface area (Å²) in [6.07, 6.45) is 11.5. The van der Waals surface area contributed by atoms with E-state index in [9.17, 15) is 14.7 Å². The second-order valence-corrected chi connectivity index (χ2v) is 14.3. The average molecular weight is 649 g/mol. The fraction of sp³-hybridized carbons (Fsp3) is 0.533. The summed E-state index contributed by atoms with van der Waals surface area (Å²) in [6, 6.07) is 4.31. The van der Waals surface area contributed by atoms with Gasteiger partial charge in [0, 0.05) is 35.6 Å². The maximum Gasteiger partial charge on any atom is 0.306 e. The normalized spacial score (nSPS) is 19.7. The lowest BCUT2D eigenvalue weighted by atomic mass is 9.89. The molecule has 1 saturated carbocycles. The molecule has 2 aliphatic heterocycles. The molecule has 0 unspecified atom stereocenters. The predicted molar refractivity (Wildman–Crippen MR) is 171 cm³/mol. The Labute approximate surface area is 264 Å². The number of carbonyl (C=O) groups excluding carboxylic acids is 1. The van der Waals surface area contributed by atoms with Crippen LogP contribution in [0.3, 0.4) is 0 Å². The van der Waals surface area contributed by atoms with Crippen molar-refractivity contribution in [3.8, 4) is 10.6 Å². The molecule has 3 aliphatic rings. The maximum atomic E-state index is 13.3. The number of likely N-dealkylation sites (tertiary alicyclic amines) is 1. The molecule has 12 heteroatoms. The summed E-state index contributed by atoms with van der Waals surface area (Å²) in [4.78, 5) is 40.8. The van der Waals surface area contributed by atoms with Gasteiger partial charge in [-0.2, -0.15) is 0 Å². The first-order chi connectivity index (χ1) is 20.4. The molecule has 0 radical (unpaired) electrons. The van der Waals surface area contributed by atoms with Gasteiger partial charge in [0.2, 0.25) is 0 Å². The summed E-state index contributed by atoms with van der Waals surface area (Å²) < 4.78 is 0. The number of thiazole rings is 1.